The molecule has 0 heterocycles. The van der Waals surface area contributed by atoms with Gasteiger partial charge < -0.3 is 5.32 Å². The van der Waals surface area contributed by atoms with Crippen molar-refractivity contribution in [2.75, 3.05) is 11.0 Å². The number of alkyl halides is 1. The second-order valence-corrected chi connectivity index (χ2v) is 4.83. The lowest BCUT2D eigenvalue weighted by molar-refractivity contribution is -0.121. The van der Waals surface area contributed by atoms with Gasteiger partial charge in [-0.2, -0.15) is 0 Å². The number of amides is 1. The van der Waals surface area contributed by atoms with Gasteiger partial charge in [0.15, 0.2) is 0 Å². The van der Waals surface area contributed by atoms with Crippen molar-refractivity contribution in [1.29, 1.82) is 0 Å². The molecule has 0 unspecified atom stereocenters. The van der Waals surface area contributed by atoms with Gasteiger partial charge in [0.2, 0.25) is 5.91 Å². The monoisotopic (exact) mass is 295 g/mol. The summed E-state index contributed by atoms with van der Waals surface area (Å²) in [5, 5.41) is 2.97. The van der Waals surface area contributed by atoms with Crippen LogP contribution in [0.25, 0.3) is 0 Å². The Labute approximate surface area is 94.0 Å². The van der Waals surface area contributed by atoms with E-state index < -0.39 is 0 Å². The highest BCUT2D eigenvalue weighted by Gasteiger charge is 2.17. The van der Waals surface area contributed by atoms with Crippen molar-refractivity contribution < 1.29 is 4.79 Å². The van der Waals surface area contributed by atoms with E-state index in [-0.39, 0.29) is 5.91 Å². The van der Waals surface area contributed by atoms with Crippen LogP contribution in [0.5, 0.6) is 0 Å². The molecule has 1 amide bonds. The van der Waals surface area contributed by atoms with Gasteiger partial charge in [0.05, 0.1) is 0 Å². The largest absolute Gasteiger partial charge is 0.356 e. The first-order valence-electron chi connectivity index (χ1n) is 5.15. The molecule has 1 N–H and O–H groups in total. The van der Waals surface area contributed by atoms with Crippen molar-refractivity contribution in [3.8, 4) is 0 Å². The molecule has 0 bridgehead atoms. The van der Waals surface area contributed by atoms with Gasteiger partial charge in [-0.3, -0.25) is 4.79 Å². The maximum atomic E-state index is 11.4. The molecule has 0 aromatic carbocycles. The Kier molecular flexibility index (Phi) is 5.75. The number of nitrogens with one attached hydrogen (secondary N) is 1. The summed E-state index contributed by atoms with van der Waals surface area (Å²) in [6, 6.07) is 0. The van der Waals surface area contributed by atoms with Crippen LogP contribution in [-0.4, -0.2) is 16.9 Å². The fourth-order valence-corrected chi connectivity index (χ4v) is 2.22. The lowest BCUT2D eigenvalue weighted by Crippen LogP contribution is -2.26. The van der Waals surface area contributed by atoms with Crippen molar-refractivity contribution in [1.82, 2.24) is 5.32 Å². The van der Waals surface area contributed by atoms with Crippen LogP contribution in [0.1, 0.15) is 38.5 Å². The van der Waals surface area contributed by atoms with Gasteiger partial charge in [0.25, 0.3) is 0 Å². The minimum absolute atomic E-state index is 0.261. The van der Waals surface area contributed by atoms with Crippen molar-refractivity contribution in [2.45, 2.75) is 38.5 Å². The van der Waals surface area contributed by atoms with Crippen molar-refractivity contribution >= 4 is 28.5 Å². The molecule has 13 heavy (non-hydrogen) atoms. The predicted molar refractivity (Wildman–Crippen MR) is 63.1 cm³/mol. The Morgan fingerprint density at radius 3 is 2.69 bits per heavy atom. The van der Waals surface area contributed by atoms with Gasteiger partial charge in [-0.25, -0.2) is 0 Å². The summed E-state index contributed by atoms with van der Waals surface area (Å²) >= 11 is 2.33. The summed E-state index contributed by atoms with van der Waals surface area (Å²) in [5.41, 5.74) is 0. The quantitative estimate of drug-likeness (QED) is 0.471. The number of rotatable bonds is 5. The summed E-state index contributed by atoms with van der Waals surface area (Å²) in [6.45, 7) is 0.856. The molecule has 3 heteroatoms. The molecule has 0 aromatic heterocycles. The Morgan fingerprint density at radius 2 is 2.08 bits per heavy atom. The first-order chi connectivity index (χ1) is 6.33. The topological polar surface area (TPSA) is 29.1 Å². The maximum Gasteiger partial charge on any atom is 0.220 e. The summed E-state index contributed by atoms with van der Waals surface area (Å²) in [6.07, 6.45) is 7.04. The van der Waals surface area contributed by atoms with Crippen molar-refractivity contribution in [3.05, 3.63) is 0 Å². The number of hydrogen-bond acceptors (Lipinski definition) is 1. The van der Waals surface area contributed by atoms with E-state index in [0.29, 0.717) is 5.92 Å². The van der Waals surface area contributed by atoms with Crippen LogP contribution in [0.2, 0.25) is 0 Å². The molecular formula is C10H18INO. The van der Waals surface area contributed by atoms with Gasteiger partial charge in [0, 0.05) is 17.4 Å². The van der Waals surface area contributed by atoms with Crippen molar-refractivity contribution in [3.63, 3.8) is 0 Å². The molecule has 1 saturated carbocycles. The van der Waals surface area contributed by atoms with Crippen LogP contribution in [-0.2, 0) is 4.79 Å². The van der Waals surface area contributed by atoms with E-state index >= 15 is 0 Å². The summed E-state index contributed by atoms with van der Waals surface area (Å²) in [4.78, 5) is 11.4. The molecule has 1 rings (SSSR count). The first kappa shape index (κ1) is 11.3. The molecule has 0 aliphatic heterocycles. The van der Waals surface area contributed by atoms with E-state index in [1.807, 2.05) is 0 Å². The first-order valence-corrected chi connectivity index (χ1v) is 6.68. The SMILES string of the molecule is O=C(CC1CCCC1)NCCCI. The van der Waals surface area contributed by atoms with E-state index in [1.54, 1.807) is 0 Å². The van der Waals surface area contributed by atoms with Crippen LogP contribution in [0.15, 0.2) is 0 Å². The minimum Gasteiger partial charge on any atom is -0.356 e. The van der Waals surface area contributed by atoms with Crippen LogP contribution in [0.3, 0.4) is 0 Å². The van der Waals surface area contributed by atoms with Crippen molar-refractivity contribution in [2.24, 2.45) is 5.92 Å². The van der Waals surface area contributed by atoms with Crippen LogP contribution in [0.4, 0.5) is 0 Å². The van der Waals surface area contributed by atoms with E-state index in [0.717, 1.165) is 23.8 Å². The Morgan fingerprint density at radius 1 is 1.38 bits per heavy atom. The minimum atomic E-state index is 0.261. The zero-order valence-electron chi connectivity index (χ0n) is 8.02. The number of carbonyl (C=O) groups is 1. The number of hydrogen-bond donors (Lipinski definition) is 1. The van der Waals surface area contributed by atoms with E-state index in [9.17, 15) is 4.79 Å². The van der Waals surface area contributed by atoms with E-state index in [1.165, 1.54) is 25.7 Å². The van der Waals surface area contributed by atoms with E-state index in [4.69, 9.17) is 0 Å². The normalized spacial score (nSPS) is 17.6. The molecule has 0 spiro atoms. The third-order valence-electron chi connectivity index (χ3n) is 2.58. The molecular weight excluding hydrogens is 277 g/mol. The molecule has 1 aliphatic carbocycles. The second-order valence-electron chi connectivity index (χ2n) is 3.75. The molecule has 2 nitrogen and oxygen atoms in total. The smallest absolute Gasteiger partial charge is 0.220 e. The maximum absolute atomic E-state index is 11.4. The number of carbonyl (C=O) groups excluding carboxylic acids is 1. The predicted octanol–water partition coefficient (Wildman–Crippen LogP) is 2.51. The lowest BCUT2D eigenvalue weighted by atomic mass is 10.0. The second kappa shape index (κ2) is 6.62. The Bertz CT molecular complexity index is 155. The molecule has 1 aliphatic rings. The molecule has 76 valence electrons. The molecule has 0 saturated heterocycles. The van der Waals surface area contributed by atoms with Gasteiger partial charge in [-0.1, -0.05) is 35.4 Å². The molecule has 1 fully saturated rings. The van der Waals surface area contributed by atoms with Gasteiger partial charge in [-0.05, 0) is 25.2 Å². The average molecular weight is 295 g/mol. The third-order valence-corrected chi connectivity index (χ3v) is 3.34. The highest BCUT2D eigenvalue weighted by Crippen LogP contribution is 2.27. The van der Waals surface area contributed by atoms with Gasteiger partial charge in [-0.15, -0.1) is 0 Å². The van der Waals surface area contributed by atoms with E-state index in [2.05, 4.69) is 27.9 Å². The standard InChI is InChI=1S/C10H18INO/c11-6-3-7-12-10(13)8-9-4-1-2-5-9/h9H,1-8H2,(H,12,13). The molecule has 0 radical (unpaired) electrons. The summed E-state index contributed by atoms with van der Waals surface area (Å²) in [7, 11) is 0. The third kappa shape index (κ3) is 4.84. The zero-order valence-corrected chi connectivity index (χ0v) is 10.2. The Balaban J connectivity index is 2.02. The Hall–Kier alpha value is 0.200. The average Bonchev–Trinajstić information content (AvgIpc) is 2.57. The zero-order chi connectivity index (χ0) is 9.52. The molecule has 0 aromatic rings. The fourth-order valence-electron chi connectivity index (χ4n) is 1.84. The number of halogens is 1. The van der Waals surface area contributed by atoms with Crippen LogP contribution < -0.4 is 5.32 Å². The van der Waals surface area contributed by atoms with Gasteiger partial charge in [0.1, 0.15) is 0 Å². The summed E-state index contributed by atoms with van der Waals surface area (Å²) < 4.78 is 1.13. The molecule has 0 atom stereocenters. The highest BCUT2D eigenvalue weighted by molar-refractivity contribution is 14.1. The summed E-state index contributed by atoms with van der Waals surface area (Å²) in [5.74, 6) is 0.941. The lowest BCUT2D eigenvalue weighted by Gasteiger charge is -2.08. The highest BCUT2D eigenvalue weighted by atomic mass is 127. The van der Waals surface area contributed by atoms with Gasteiger partial charge >= 0.3 is 0 Å². The van der Waals surface area contributed by atoms with Crippen LogP contribution >= 0.6 is 22.6 Å². The fraction of sp³-hybridized carbons (Fsp3) is 0.900. The van der Waals surface area contributed by atoms with Crippen LogP contribution in [0, 0.1) is 5.92 Å².